The molecular weight excluding hydrogens is 172 g/mol. The van der Waals surface area contributed by atoms with Crippen molar-refractivity contribution in [1.29, 1.82) is 0 Å². The molecule has 1 aliphatic heterocycles. The van der Waals surface area contributed by atoms with E-state index in [9.17, 15) is 9.59 Å². The fourth-order valence-corrected chi connectivity index (χ4v) is 1.34. The van der Waals surface area contributed by atoms with Crippen LogP contribution in [0.25, 0.3) is 0 Å². The zero-order valence-corrected chi connectivity index (χ0v) is 7.49. The number of amides is 2. The summed E-state index contributed by atoms with van der Waals surface area (Å²) >= 11 is 0. The van der Waals surface area contributed by atoms with Gasteiger partial charge in [-0.05, 0) is 6.42 Å². The molecule has 6 heteroatoms. The number of nitrogens with two attached hydrogens (primary N) is 2. The van der Waals surface area contributed by atoms with Gasteiger partial charge in [-0.2, -0.15) is 0 Å². The molecule has 1 saturated heterocycles. The summed E-state index contributed by atoms with van der Waals surface area (Å²) in [5.74, 6) is -0.894. The van der Waals surface area contributed by atoms with Crippen molar-refractivity contribution in [1.82, 2.24) is 10.4 Å². The summed E-state index contributed by atoms with van der Waals surface area (Å²) in [6.07, 6.45) is 0.311. The molecule has 1 heterocycles. The summed E-state index contributed by atoms with van der Waals surface area (Å²) in [6.45, 7) is 0.569. The first kappa shape index (κ1) is 9.94. The van der Waals surface area contributed by atoms with Crippen LogP contribution < -0.4 is 16.9 Å². The molecule has 13 heavy (non-hydrogen) atoms. The summed E-state index contributed by atoms with van der Waals surface area (Å²) in [7, 11) is 1.76. The number of carbonyl (C=O) groups is 2. The third-order valence-electron chi connectivity index (χ3n) is 2.07. The van der Waals surface area contributed by atoms with Gasteiger partial charge >= 0.3 is 0 Å². The highest BCUT2D eigenvalue weighted by molar-refractivity contribution is 5.83. The van der Waals surface area contributed by atoms with Crippen LogP contribution in [0.3, 0.4) is 0 Å². The predicted octanol–water partition coefficient (Wildman–Crippen LogP) is -2.22. The van der Waals surface area contributed by atoms with E-state index in [2.05, 4.69) is 5.43 Å². The van der Waals surface area contributed by atoms with Gasteiger partial charge < -0.3 is 11.5 Å². The number of nitrogens with zero attached hydrogens (tertiary/aromatic N) is 1. The topological polar surface area (TPSA) is 101 Å². The number of nitrogens with one attached hydrogen (secondary N) is 1. The Morgan fingerprint density at radius 2 is 2.46 bits per heavy atom. The molecule has 1 aliphatic rings. The lowest BCUT2D eigenvalue weighted by molar-refractivity contribution is -0.124. The number of carbonyl (C=O) groups excluding carboxylic acids is 2. The SMILES string of the molecule is CN1CC(C[C@H](N)C(N)=O)C(=O)N1. The maximum atomic E-state index is 11.2. The van der Waals surface area contributed by atoms with Crippen LogP contribution in [0.2, 0.25) is 0 Å². The maximum absolute atomic E-state index is 11.2. The Bertz CT molecular complexity index is 231. The number of hydrogen-bond donors (Lipinski definition) is 3. The van der Waals surface area contributed by atoms with E-state index in [1.54, 1.807) is 12.1 Å². The lowest BCUT2D eigenvalue weighted by Crippen LogP contribution is -2.39. The standard InChI is InChI=1S/C7H14N4O2/c1-11-3-4(7(13)10-11)2-5(8)6(9)12/h4-5H,2-3,8H2,1H3,(H2,9,12)(H,10,13)/t4?,5-/m0/s1. The third kappa shape index (κ3) is 2.40. The van der Waals surface area contributed by atoms with Crippen LogP contribution in [-0.2, 0) is 9.59 Å². The highest BCUT2D eigenvalue weighted by Gasteiger charge is 2.30. The number of hydrazine groups is 1. The van der Waals surface area contributed by atoms with Gasteiger partial charge in [-0.3, -0.25) is 15.0 Å². The molecule has 2 atom stereocenters. The summed E-state index contributed by atoms with van der Waals surface area (Å²) < 4.78 is 0. The number of rotatable bonds is 3. The molecule has 5 N–H and O–H groups in total. The molecule has 0 aromatic carbocycles. The van der Waals surface area contributed by atoms with Crippen molar-refractivity contribution in [2.75, 3.05) is 13.6 Å². The van der Waals surface area contributed by atoms with E-state index in [1.807, 2.05) is 0 Å². The van der Waals surface area contributed by atoms with Gasteiger partial charge in [0.15, 0.2) is 0 Å². The Morgan fingerprint density at radius 1 is 1.85 bits per heavy atom. The first-order chi connectivity index (χ1) is 6.00. The van der Waals surface area contributed by atoms with Gasteiger partial charge in [0.25, 0.3) is 0 Å². The summed E-state index contributed by atoms with van der Waals surface area (Å²) in [5.41, 5.74) is 13.0. The summed E-state index contributed by atoms with van der Waals surface area (Å²) in [4.78, 5) is 21.8. The van der Waals surface area contributed by atoms with Crippen LogP contribution in [0, 0.1) is 5.92 Å². The second-order valence-corrected chi connectivity index (χ2v) is 3.30. The van der Waals surface area contributed by atoms with Gasteiger partial charge in [-0.1, -0.05) is 0 Å². The van der Waals surface area contributed by atoms with Crippen LogP contribution in [0.4, 0.5) is 0 Å². The van der Waals surface area contributed by atoms with Gasteiger partial charge in [-0.25, -0.2) is 5.01 Å². The molecule has 74 valence electrons. The minimum Gasteiger partial charge on any atom is -0.368 e. The maximum Gasteiger partial charge on any atom is 0.238 e. The van der Waals surface area contributed by atoms with Crippen molar-refractivity contribution < 1.29 is 9.59 Å². The van der Waals surface area contributed by atoms with Crippen LogP contribution in [0.5, 0.6) is 0 Å². The smallest absolute Gasteiger partial charge is 0.238 e. The molecule has 0 aromatic rings. The lowest BCUT2D eigenvalue weighted by Gasteiger charge is -2.10. The molecule has 1 fully saturated rings. The largest absolute Gasteiger partial charge is 0.368 e. The zero-order chi connectivity index (χ0) is 10.0. The molecule has 1 unspecified atom stereocenters. The molecule has 0 radical (unpaired) electrons. The minimum absolute atomic E-state index is 0.0980. The number of primary amides is 1. The Kier molecular flexibility index (Phi) is 2.84. The van der Waals surface area contributed by atoms with Crippen molar-refractivity contribution in [3.8, 4) is 0 Å². The van der Waals surface area contributed by atoms with E-state index >= 15 is 0 Å². The van der Waals surface area contributed by atoms with Crippen molar-refractivity contribution in [3.05, 3.63) is 0 Å². The first-order valence-corrected chi connectivity index (χ1v) is 4.07. The van der Waals surface area contributed by atoms with Gasteiger partial charge in [0, 0.05) is 13.6 Å². The van der Waals surface area contributed by atoms with Gasteiger partial charge in [0.2, 0.25) is 11.8 Å². The average Bonchev–Trinajstić information content (AvgIpc) is 2.30. The highest BCUT2D eigenvalue weighted by Crippen LogP contribution is 2.12. The normalized spacial score (nSPS) is 25.7. The minimum atomic E-state index is -0.734. The number of hydrogen-bond acceptors (Lipinski definition) is 4. The van der Waals surface area contributed by atoms with Gasteiger partial charge in [0.05, 0.1) is 12.0 Å². The lowest BCUT2D eigenvalue weighted by atomic mass is 10.0. The second-order valence-electron chi connectivity index (χ2n) is 3.30. The van der Waals surface area contributed by atoms with E-state index in [-0.39, 0.29) is 11.8 Å². The quantitative estimate of drug-likeness (QED) is 0.464. The molecule has 0 bridgehead atoms. The Hall–Kier alpha value is -1.14. The van der Waals surface area contributed by atoms with Gasteiger partial charge in [0.1, 0.15) is 0 Å². The van der Waals surface area contributed by atoms with E-state index in [0.717, 1.165) is 0 Å². The zero-order valence-electron chi connectivity index (χ0n) is 7.49. The molecule has 0 aliphatic carbocycles. The fourth-order valence-electron chi connectivity index (χ4n) is 1.34. The van der Waals surface area contributed by atoms with E-state index in [0.29, 0.717) is 13.0 Å². The third-order valence-corrected chi connectivity index (χ3v) is 2.07. The Labute approximate surface area is 76.2 Å². The average molecular weight is 186 g/mol. The van der Waals surface area contributed by atoms with Crippen LogP contribution in [-0.4, -0.2) is 36.5 Å². The van der Waals surface area contributed by atoms with Crippen molar-refractivity contribution in [3.63, 3.8) is 0 Å². The van der Waals surface area contributed by atoms with Crippen LogP contribution in [0.15, 0.2) is 0 Å². The molecular formula is C7H14N4O2. The molecule has 0 aromatic heterocycles. The highest BCUT2D eigenvalue weighted by atomic mass is 16.2. The Morgan fingerprint density at radius 3 is 2.85 bits per heavy atom. The van der Waals surface area contributed by atoms with Crippen LogP contribution >= 0.6 is 0 Å². The molecule has 2 amide bonds. The molecule has 0 saturated carbocycles. The van der Waals surface area contributed by atoms with E-state index in [4.69, 9.17) is 11.5 Å². The van der Waals surface area contributed by atoms with Crippen LogP contribution in [0.1, 0.15) is 6.42 Å². The van der Waals surface area contributed by atoms with Crippen molar-refractivity contribution >= 4 is 11.8 Å². The van der Waals surface area contributed by atoms with Crippen molar-refractivity contribution in [2.24, 2.45) is 17.4 Å². The van der Waals surface area contributed by atoms with Crippen molar-refractivity contribution in [2.45, 2.75) is 12.5 Å². The molecule has 1 rings (SSSR count). The Balaban J connectivity index is 2.46. The monoisotopic (exact) mass is 186 g/mol. The van der Waals surface area contributed by atoms with E-state index in [1.165, 1.54) is 0 Å². The van der Waals surface area contributed by atoms with E-state index < -0.39 is 11.9 Å². The summed E-state index contributed by atoms with van der Waals surface area (Å²) in [6, 6.07) is -0.734. The molecule has 6 nitrogen and oxygen atoms in total. The summed E-state index contributed by atoms with van der Waals surface area (Å²) in [5, 5.41) is 1.67. The first-order valence-electron chi connectivity index (χ1n) is 4.07. The molecule has 0 spiro atoms. The fraction of sp³-hybridized carbons (Fsp3) is 0.714. The van der Waals surface area contributed by atoms with Gasteiger partial charge in [-0.15, -0.1) is 0 Å². The predicted molar refractivity (Wildman–Crippen MR) is 46.0 cm³/mol. The second kappa shape index (κ2) is 3.71.